The van der Waals surface area contributed by atoms with Gasteiger partial charge in [0.05, 0.1) is 19.8 Å². The number of carbonyl (C=O) groups excluding carboxylic acids is 1. The number of rotatable bonds is 7. The van der Waals surface area contributed by atoms with E-state index in [0.717, 1.165) is 53.7 Å². The maximum absolute atomic E-state index is 12.6. The molecule has 1 atom stereocenters. The number of para-hydroxylation sites is 1. The minimum absolute atomic E-state index is 0.0183. The number of benzene rings is 2. The molecular weight excluding hydrogens is 378 g/mol. The fourth-order valence-electron chi connectivity index (χ4n) is 4.18. The number of fused-ring (bicyclic) bond motifs is 1. The molecule has 0 spiro atoms. The second kappa shape index (κ2) is 9.32. The molecule has 1 saturated heterocycles. The lowest BCUT2D eigenvalue weighted by Crippen LogP contribution is -2.43. The summed E-state index contributed by atoms with van der Waals surface area (Å²) in [7, 11) is 1.66. The summed E-state index contributed by atoms with van der Waals surface area (Å²) in [5.41, 5.74) is 3.38. The van der Waals surface area contributed by atoms with Crippen LogP contribution in [0.25, 0.3) is 10.9 Å². The van der Waals surface area contributed by atoms with Crippen LogP contribution in [0.2, 0.25) is 0 Å². The van der Waals surface area contributed by atoms with Gasteiger partial charge in [-0.3, -0.25) is 9.69 Å². The van der Waals surface area contributed by atoms with Crippen molar-refractivity contribution >= 4 is 16.8 Å². The van der Waals surface area contributed by atoms with E-state index >= 15 is 0 Å². The lowest BCUT2D eigenvalue weighted by atomic mass is 9.90. The van der Waals surface area contributed by atoms with Crippen molar-refractivity contribution in [3.63, 3.8) is 0 Å². The van der Waals surface area contributed by atoms with Crippen molar-refractivity contribution in [2.75, 3.05) is 33.3 Å². The maximum atomic E-state index is 12.6. The Morgan fingerprint density at radius 3 is 2.67 bits per heavy atom. The third-order valence-electron chi connectivity index (χ3n) is 5.94. The molecule has 2 heterocycles. The molecule has 0 saturated carbocycles. The molecule has 0 radical (unpaired) electrons. The predicted octanol–water partition coefficient (Wildman–Crippen LogP) is 2.88. The lowest BCUT2D eigenvalue weighted by molar-refractivity contribution is -0.122. The Morgan fingerprint density at radius 2 is 1.93 bits per heavy atom. The number of amides is 1. The summed E-state index contributed by atoms with van der Waals surface area (Å²) in [4.78, 5) is 18.1. The number of hydrogen-bond acceptors (Lipinski definition) is 4. The largest absolute Gasteiger partial charge is 0.497 e. The first-order chi connectivity index (χ1) is 14.6. The molecule has 158 valence electrons. The Kier molecular flexibility index (Phi) is 6.35. The van der Waals surface area contributed by atoms with Crippen LogP contribution in [0.4, 0.5) is 0 Å². The molecule has 0 aliphatic carbocycles. The van der Waals surface area contributed by atoms with Gasteiger partial charge in [0.1, 0.15) is 5.75 Å². The number of piperidine rings is 1. The molecule has 2 aromatic carbocycles. The van der Waals surface area contributed by atoms with Crippen molar-refractivity contribution < 1.29 is 14.6 Å². The molecule has 1 fully saturated rings. The third-order valence-corrected chi connectivity index (χ3v) is 5.94. The van der Waals surface area contributed by atoms with Crippen LogP contribution in [-0.4, -0.2) is 60.3 Å². The van der Waals surface area contributed by atoms with Crippen LogP contribution in [0.15, 0.2) is 54.7 Å². The number of nitrogens with one attached hydrogen (secondary N) is 2. The summed E-state index contributed by atoms with van der Waals surface area (Å²) in [6.07, 6.45) is 3.27. The van der Waals surface area contributed by atoms with E-state index in [1.165, 1.54) is 0 Å². The van der Waals surface area contributed by atoms with Crippen molar-refractivity contribution in [2.45, 2.75) is 24.9 Å². The van der Waals surface area contributed by atoms with Gasteiger partial charge in [-0.15, -0.1) is 0 Å². The number of aliphatic hydroxyl groups is 1. The Labute approximate surface area is 176 Å². The molecule has 1 aliphatic heterocycles. The highest BCUT2D eigenvalue weighted by Crippen LogP contribution is 2.31. The number of ether oxygens (including phenoxy) is 1. The number of carbonyl (C=O) groups is 1. The highest BCUT2D eigenvalue weighted by atomic mass is 16.5. The van der Waals surface area contributed by atoms with E-state index < -0.39 is 0 Å². The van der Waals surface area contributed by atoms with Crippen LogP contribution >= 0.6 is 0 Å². The molecule has 1 amide bonds. The Hall–Kier alpha value is -2.83. The summed E-state index contributed by atoms with van der Waals surface area (Å²) >= 11 is 0. The Bertz CT molecular complexity index is 975. The zero-order valence-corrected chi connectivity index (χ0v) is 17.3. The van der Waals surface area contributed by atoms with Crippen LogP contribution < -0.4 is 10.1 Å². The van der Waals surface area contributed by atoms with Crippen molar-refractivity contribution in [3.05, 3.63) is 65.9 Å². The zero-order chi connectivity index (χ0) is 20.9. The highest BCUT2D eigenvalue weighted by Gasteiger charge is 2.22. The molecule has 3 aromatic rings. The number of hydrogen-bond donors (Lipinski definition) is 3. The van der Waals surface area contributed by atoms with Gasteiger partial charge in [-0.2, -0.15) is 0 Å². The van der Waals surface area contributed by atoms with Gasteiger partial charge in [0.25, 0.3) is 0 Å². The van der Waals surface area contributed by atoms with Crippen molar-refractivity contribution in [1.82, 2.24) is 15.2 Å². The number of H-pyrrole nitrogens is 1. The number of nitrogens with zero attached hydrogens (tertiary/aromatic N) is 1. The normalized spacial score (nSPS) is 16.5. The summed E-state index contributed by atoms with van der Waals surface area (Å²) in [6, 6.07) is 16.3. The second-order valence-corrected chi connectivity index (χ2v) is 7.93. The van der Waals surface area contributed by atoms with E-state index in [1.807, 2.05) is 30.5 Å². The van der Waals surface area contributed by atoms with Gasteiger partial charge >= 0.3 is 0 Å². The number of aliphatic hydroxyl groups excluding tert-OH is 1. The highest BCUT2D eigenvalue weighted by molar-refractivity contribution is 5.84. The second-order valence-electron chi connectivity index (χ2n) is 7.93. The Morgan fingerprint density at radius 1 is 1.20 bits per heavy atom. The van der Waals surface area contributed by atoms with E-state index in [2.05, 4.69) is 39.5 Å². The lowest BCUT2D eigenvalue weighted by Gasteiger charge is -2.29. The van der Waals surface area contributed by atoms with Gasteiger partial charge in [0.2, 0.25) is 5.91 Å². The molecule has 1 aromatic heterocycles. The predicted molar refractivity (Wildman–Crippen MR) is 118 cm³/mol. The van der Waals surface area contributed by atoms with Crippen molar-refractivity contribution in [2.24, 2.45) is 0 Å². The molecule has 4 rings (SSSR count). The first kappa shape index (κ1) is 20.4. The molecule has 3 N–H and O–H groups in total. The Balaban J connectivity index is 1.51. The number of aromatic amines is 1. The van der Waals surface area contributed by atoms with E-state index in [1.54, 1.807) is 7.11 Å². The molecule has 6 heteroatoms. The van der Waals surface area contributed by atoms with Crippen LogP contribution in [0.1, 0.15) is 29.9 Å². The van der Waals surface area contributed by atoms with Crippen LogP contribution in [0.5, 0.6) is 5.75 Å². The third kappa shape index (κ3) is 4.66. The van der Waals surface area contributed by atoms with E-state index in [4.69, 9.17) is 4.74 Å². The fourth-order valence-corrected chi connectivity index (χ4v) is 4.18. The minimum Gasteiger partial charge on any atom is -0.497 e. The number of aromatic nitrogens is 1. The molecule has 1 aliphatic rings. The van der Waals surface area contributed by atoms with E-state index in [-0.39, 0.29) is 17.9 Å². The SMILES string of the molecule is COc1ccc(C(CNC(=O)CN2CCC(O)CC2)c2c[nH]c3ccccc23)cc1. The maximum Gasteiger partial charge on any atom is 0.234 e. The van der Waals surface area contributed by atoms with Crippen molar-refractivity contribution in [3.8, 4) is 5.75 Å². The first-order valence-corrected chi connectivity index (χ1v) is 10.5. The molecular formula is C24H29N3O3. The van der Waals surface area contributed by atoms with Gasteiger partial charge in [-0.05, 0) is 42.2 Å². The van der Waals surface area contributed by atoms with Crippen LogP contribution in [-0.2, 0) is 4.79 Å². The summed E-state index contributed by atoms with van der Waals surface area (Å²) in [6.45, 7) is 2.41. The van der Waals surface area contributed by atoms with Gasteiger partial charge < -0.3 is 20.1 Å². The molecule has 1 unspecified atom stereocenters. The van der Waals surface area contributed by atoms with Crippen molar-refractivity contribution in [1.29, 1.82) is 0 Å². The van der Waals surface area contributed by atoms with E-state index in [9.17, 15) is 9.90 Å². The van der Waals surface area contributed by atoms with Crippen LogP contribution in [0, 0.1) is 0 Å². The average molecular weight is 408 g/mol. The summed E-state index contributed by atoms with van der Waals surface area (Å²) in [5.74, 6) is 0.858. The number of likely N-dealkylation sites (tertiary alicyclic amines) is 1. The summed E-state index contributed by atoms with van der Waals surface area (Å²) in [5, 5.41) is 14.0. The fraction of sp³-hybridized carbons (Fsp3) is 0.375. The topological polar surface area (TPSA) is 77.6 Å². The molecule has 30 heavy (non-hydrogen) atoms. The smallest absolute Gasteiger partial charge is 0.234 e. The van der Waals surface area contributed by atoms with Gasteiger partial charge in [0.15, 0.2) is 0 Å². The molecule has 0 bridgehead atoms. The van der Waals surface area contributed by atoms with Gasteiger partial charge in [-0.25, -0.2) is 0 Å². The quantitative estimate of drug-likeness (QED) is 0.563. The average Bonchev–Trinajstić information content (AvgIpc) is 3.20. The van der Waals surface area contributed by atoms with E-state index in [0.29, 0.717) is 13.1 Å². The van der Waals surface area contributed by atoms with Crippen LogP contribution in [0.3, 0.4) is 0 Å². The zero-order valence-electron chi connectivity index (χ0n) is 17.3. The standard InChI is InChI=1S/C24H29N3O3/c1-30-19-8-6-17(7-9-19)21(22-15-25-23-5-3-2-4-20(22)23)14-26-24(29)16-27-12-10-18(28)11-13-27/h2-9,15,18,21,25,28H,10-14,16H2,1H3,(H,26,29). The van der Waals surface area contributed by atoms with Gasteiger partial charge in [0, 0.05) is 42.7 Å². The molecule has 6 nitrogen and oxygen atoms in total. The first-order valence-electron chi connectivity index (χ1n) is 10.5. The van der Waals surface area contributed by atoms with Gasteiger partial charge in [-0.1, -0.05) is 30.3 Å². The summed E-state index contributed by atoms with van der Waals surface area (Å²) < 4.78 is 5.30. The minimum atomic E-state index is -0.231. The number of methoxy groups -OCH3 is 1. The monoisotopic (exact) mass is 407 g/mol.